The number of nitrogens with two attached hydrogens (primary N) is 1. The minimum absolute atomic E-state index is 0.0451. The van der Waals surface area contributed by atoms with Crippen molar-refractivity contribution in [3.05, 3.63) is 41.5 Å². The summed E-state index contributed by atoms with van der Waals surface area (Å²) in [5.41, 5.74) is 6.76. The maximum atomic E-state index is 11.0. The van der Waals surface area contributed by atoms with E-state index in [1.165, 1.54) is 0 Å². The first-order valence-corrected chi connectivity index (χ1v) is 4.69. The molecule has 1 aromatic carbocycles. The zero-order valence-electron chi connectivity index (χ0n) is 8.53. The maximum absolute atomic E-state index is 11.0. The van der Waals surface area contributed by atoms with Crippen molar-refractivity contribution in [3.63, 3.8) is 0 Å². The molecule has 76 valence electrons. The first kappa shape index (κ1) is 11.0. The quantitative estimate of drug-likeness (QED) is 0.597. The molecular formula is C12H12N2O. The predicted octanol–water partition coefficient (Wildman–Crippen LogP) is 1.86. The summed E-state index contributed by atoms with van der Waals surface area (Å²) >= 11 is 0. The van der Waals surface area contributed by atoms with Gasteiger partial charge in [-0.1, -0.05) is 37.3 Å². The Balaban J connectivity index is 3.31. The average molecular weight is 200 g/mol. The van der Waals surface area contributed by atoms with Crippen molar-refractivity contribution in [1.82, 2.24) is 0 Å². The molecule has 0 saturated heterocycles. The Morgan fingerprint density at radius 1 is 1.40 bits per heavy atom. The van der Waals surface area contributed by atoms with E-state index in [2.05, 4.69) is 0 Å². The number of benzene rings is 1. The molecule has 0 aliphatic carbocycles. The van der Waals surface area contributed by atoms with Crippen LogP contribution in [0.25, 0.3) is 5.57 Å². The number of amides is 1. The minimum atomic E-state index is -0.668. The van der Waals surface area contributed by atoms with Crippen LogP contribution < -0.4 is 5.73 Å². The lowest BCUT2D eigenvalue weighted by Crippen LogP contribution is -2.14. The van der Waals surface area contributed by atoms with Gasteiger partial charge in [-0.2, -0.15) is 5.26 Å². The van der Waals surface area contributed by atoms with Gasteiger partial charge in [0.05, 0.1) is 0 Å². The van der Waals surface area contributed by atoms with E-state index in [1.807, 2.05) is 43.3 Å². The lowest BCUT2D eigenvalue weighted by molar-refractivity contribution is -0.114. The van der Waals surface area contributed by atoms with Gasteiger partial charge in [-0.15, -0.1) is 0 Å². The Morgan fingerprint density at radius 3 is 2.40 bits per heavy atom. The molecule has 0 aliphatic rings. The molecule has 0 unspecified atom stereocenters. The van der Waals surface area contributed by atoms with Gasteiger partial charge in [0.1, 0.15) is 11.6 Å². The monoisotopic (exact) mass is 200 g/mol. The van der Waals surface area contributed by atoms with E-state index >= 15 is 0 Å². The highest BCUT2D eigenvalue weighted by atomic mass is 16.1. The molecule has 0 aliphatic heterocycles. The molecule has 1 aromatic rings. The van der Waals surface area contributed by atoms with Crippen LogP contribution in [-0.4, -0.2) is 5.91 Å². The Bertz CT molecular complexity index is 427. The molecule has 3 heteroatoms. The fourth-order valence-electron chi connectivity index (χ4n) is 1.44. The van der Waals surface area contributed by atoms with Crippen LogP contribution >= 0.6 is 0 Å². The molecule has 15 heavy (non-hydrogen) atoms. The molecule has 0 aromatic heterocycles. The molecule has 3 nitrogen and oxygen atoms in total. The molecule has 2 N–H and O–H groups in total. The number of carbonyl (C=O) groups excluding carboxylic acids is 1. The molecule has 0 atom stereocenters. The van der Waals surface area contributed by atoms with Gasteiger partial charge in [-0.05, 0) is 17.6 Å². The molecule has 0 fully saturated rings. The Morgan fingerprint density at radius 2 is 2.00 bits per heavy atom. The Labute approximate surface area is 88.8 Å². The van der Waals surface area contributed by atoms with Gasteiger partial charge in [-0.3, -0.25) is 4.79 Å². The second kappa shape index (κ2) is 4.97. The third-order valence-electron chi connectivity index (χ3n) is 2.14. The summed E-state index contributed by atoms with van der Waals surface area (Å²) in [7, 11) is 0. The summed E-state index contributed by atoms with van der Waals surface area (Å²) in [6.45, 7) is 1.89. The number of nitrogens with zero attached hydrogens (tertiary/aromatic N) is 1. The van der Waals surface area contributed by atoms with Gasteiger partial charge in [0.2, 0.25) is 0 Å². The third-order valence-corrected chi connectivity index (χ3v) is 2.14. The maximum Gasteiger partial charge on any atom is 0.259 e. The van der Waals surface area contributed by atoms with Gasteiger partial charge in [0.25, 0.3) is 5.91 Å². The van der Waals surface area contributed by atoms with Crippen molar-refractivity contribution >= 4 is 11.5 Å². The molecular weight excluding hydrogens is 188 g/mol. The first-order chi connectivity index (χ1) is 7.20. The van der Waals surface area contributed by atoms with Crippen molar-refractivity contribution in [2.45, 2.75) is 13.3 Å². The molecule has 0 bridgehead atoms. The summed E-state index contributed by atoms with van der Waals surface area (Å²) in [6.07, 6.45) is 0.607. The van der Waals surface area contributed by atoms with E-state index in [9.17, 15) is 4.79 Å². The van der Waals surface area contributed by atoms with Crippen LogP contribution in [0.15, 0.2) is 35.9 Å². The topological polar surface area (TPSA) is 66.9 Å². The number of hydrogen-bond donors (Lipinski definition) is 1. The standard InChI is InChI=1S/C12H12N2O/c1-2-10(11(8-13)12(14)15)9-6-4-3-5-7-9/h3-7H,2H2,1H3,(H2,14,15)/b11-10-. The van der Waals surface area contributed by atoms with Crippen LogP contribution in [0.3, 0.4) is 0 Å². The highest BCUT2D eigenvalue weighted by molar-refractivity contribution is 6.03. The number of nitriles is 1. The molecule has 0 heterocycles. The zero-order chi connectivity index (χ0) is 11.3. The van der Waals surface area contributed by atoms with Gasteiger partial charge < -0.3 is 5.73 Å². The summed E-state index contributed by atoms with van der Waals surface area (Å²) in [5, 5.41) is 8.85. The highest BCUT2D eigenvalue weighted by Gasteiger charge is 2.11. The fraction of sp³-hybridized carbons (Fsp3) is 0.167. The normalized spacial score (nSPS) is 11.5. The predicted molar refractivity (Wildman–Crippen MR) is 58.5 cm³/mol. The molecule has 1 amide bonds. The van der Waals surface area contributed by atoms with Gasteiger partial charge in [0, 0.05) is 0 Å². The molecule has 0 radical (unpaired) electrons. The SMILES string of the molecule is CC/C(=C(\C#N)C(N)=O)c1ccccc1. The number of allylic oxidation sites excluding steroid dienone is 1. The van der Waals surface area contributed by atoms with E-state index in [0.717, 1.165) is 5.56 Å². The number of rotatable bonds is 3. The first-order valence-electron chi connectivity index (χ1n) is 4.69. The van der Waals surface area contributed by atoms with E-state index in [1.54, 1.807) is 0 Å². The largest absolute Gasteiger partial charge is 0.365 e. The fourth-order valence-corrected chi connectivity index (χ4v) is 1.44. The summed E-state index contributed by atoms with van der Waals surface area (Å²) in [5.74, 6) is -0.668. The summed E-state index contributed by atoms with van der Waals surface area (Å²) in [4.78, 5) is 11.0. The van der Waals surface area contributed by atoms with E-state index in [-0.39, 0.29) is 5.57 Å². The van der Waals surface area contributed by atoms with E-state index in [0.29, 0.717) is 12.0 Å². The smallest absolute Gasteiger partial charge is 0.259 e. The second-order valence-corrected chi connectivity index (χ2v) is 3.05. The van der Waals surface area contributed by atoms with Crippen molar-refractivity contribution in [3.8, 4) is 6.07 Å². The zero-order valence-corrected chi connectivity index (χ0v) is 8.53. The summed E-state index contributed by atoms with van der Waals surface area (Å²) in [6, 6.07) is 11.2. The van der Waals surface area contributed by atoms with Crippen molar-refractivity contribution in [2.75, 3.05) is 0 Å². The van der Waals surface area contributed by atoms with Crippen molar-refractivity contribution in [1.29, 1.82) is 5.26 Å². The second-order valence-electron chi connectivity index (χ2n) is 3.05. The Hall–Kier alpha value is -2.08. The van der Waals surface area contributed by atoms with Crippen LogP contribution in [0.5, 0.6) is 0 Å². The van der Waals surface area contributed by atoms with Crippen LogP contribution in [0.2, 0.25) is 0 Å². The Kier molecular flexibility index (Phi) is 3.64. The molecule has 1 rings (SSSR count). The highest BCUT2D eigenvalue weighted by Crippen LogP contribution is 2.21. The summed E-state index contributed by atoms with van der Waals surface area (Å²) < 4.78 is 0. The molecule has 0 spiro atoms. The molecule has 0 saturated carbocycles. The van der Waals surface area contributed by atoms with Crippen LogP contribution in [0.1, 0.15) is 18.9 Å². The van der Waals surface area contributed by atoms with Gasteiger partial charge in [-0.25, -0.2) is 0 Å². The van der Waals surface area contributed by atoms with Crippen LogP contribution in [0.4, 0.5) is 0 Å². The third kappa shape index (κ3) is 2.44. The number of hydrogen-bond acceptors (Lipinski definition) is 2. The van der Waals surface area contributed by atoms with Gasteiger partial charge >= 0.3 is 0 Å². The van der Waals surface area contributed by atoms with E-state index in [4.69, 9.17) is 11.0 Å². The van der Waals surface area contributed by atoms with Crippen LogP contribution in [-0.2, 0) is 4.79 Å². The van der Waals surface area contributed by atoms with Gasteiger partial charge in [0.15, 0.2) is 0 Å². The van der Waals surface area contributed by atoms with Crippen LogP contribution in [0, 0.1) is 11.3 Å². The lowest BCUT2D eigenvalue weighted by atomic mass is 9.98. The van der Waals surface area contributed by atoms with E-state index < -0.39 is 5.91 Å². The average Bonchev–Trinajstić information content (AvgIpc) is 2.26. The minimum Gasteiger partial charge on any atom is -0.365 e. The lowest BCUT2D eigenvalue weighted by Gasteiger charge is -2.05. The van der Waals surface area contributed by atoms with Crippen molar-refractivity contribution < 1.29 is 4.79 Å². The number of primary amides is 1. The van der Waals surface area contributed by atoms with Crippen molar-refractivity contribution in [2.24, 2.45) is 5.73 Å². The number of carbonyl (C=O) groups is 1.